The summed E-state index contributed by atoms with van der Waals surface area (Å²) in [6.07, 6.45) is 0. The van der Waals surface area contributed by atoms with E-state index in [2.05, 4.69) is 0 Å². The fraction of sp³-hybridized carbons (Fsp3) is 0. The quantitative estimate of drug-likeness (QED) is 0.486. The predicted molar refractivity (Wildman–Crippen MR) is 78.8 cm³/mol. The highest BCUT2D eigenvalue weighted by molar-refractivity contribution is 6.01. The topological polar surface area (TPSA) is 173 Å². The molecule has 0 atom stereocenters. The van der Waals surface area contributed by atoms with Crippen LogP contribution in [0.2, 0.25) is 0 Å². The van der Waals surface area contributed by atoms with E-state index in [1.54, 1.807) is 0 Å². The van der Waals surface area contributed by atoms with Gasteiger partial charge in [-0.05, 0) is 30.3 Å². The fourth-order valence-corrected chi connectivity index (χ4v) is 1.61. The fourth-order valence-electron chi connectivity index (χ4n) is 1.61. The van der Waals surface area contributed by atoms with E-state index in [1.807, 2.05) is 0 Å². The molecule has 0 aliphatic rings. The van der Waals surface area contributed by atoms with E-state index < -0.39 is 23.5 Å². The van der Waals surface area contributed by atoms with Gasteiger partial charge in [0, 0.05) is 6.07 Å². The standard InChI is InChI=1S/C8H6O5.C7H6O4/c9-4-1-2-5(7(10)11)6(3-4)8(12)13;8-5-1-4(7(10)11)2-6(9)3-5/h1-3,9H,(H,10,11)(H,12,13);1-3,8-9H,(H,10,11). The summed E-state index contributed by atoms with van der Waals surface area (Å²) in [6, 6.07) is 6.24. The molecule has 0 spiro atoms. The number of benzene rings is 2. The van der Waals surface area contributed by atoms with Gasteiger partial charge in [-0.15, -0.1) is 0 Å². The van der Waals surface area contributed by atoms with E-state index in [0.29, 0.717) is 0 Å². The summed E-state index contributed by atoms with van der Waals surface area (Å²) in [5.41, 5.74) is -0.902. The Balaban J connectivity index is 0.000000243. The molecule has 2 aromatic rings. The van der Waals surface area contributed by atoms with E-state index >= 15 is 0 Å². The average molecular weight is 336 g/mol. The molecule has 9 heteroatoms. The van der Waals surface area contributed by atoms with Gasteiger partial charge < -0.3 is 30.6 Å². The minimum atomic E-state index is -1.38. The highest BCUT2D eigenvalue weighted by Crippen LogP contribution is 2.20. The second-order valence-corrected chi connectivity index (χ2v) is 4.38. The molecule has 2 rings (SSSR count). The SMILES string of the molecule is O=C(O)c1cc(O)cc(O)c1.O=C(O)c1ccc(O)cc1C(=O)O. The lowest BCUT2D eigenvalue weighted by molar-refractivity contribution is 0.0651. The Labute approximate surface area is 134 Å². The zero-order chi connectivity index (χ0) is 18.4. The third-order valence-electron chi connectivity index (χ3n) is 2.61. The number of phenolic OH excluding ortho intramolecular Hbond substituents is 3. The van der Waals surface area contributed by atoms with Crippen molar-refractivity contribution in [3.05, 3.63) is 53.1 Å². The molecule has 0 amide bonds. The maximum absolute atomic E-state index is 10.5. The number of carboxylic acid groups (broad SMARTS) is 3. The van der Waals surface area contributed by atoms with Crippen LogP contribution in [0.25, 0.3) is 0 Å². The van der Waals surface area contributed by atoms with Gasteiger partial charge in [0.15, 0.2) is 0 Å². The summed E-state index contributed by atoms with van der Waals surface area (Å²) in [4.78, 5) is 31.3. The van der Waals surface area contributed by atoms with Gasteiger partial charge in [0.2, 0.25) is 0 Å². The molecule has 0 saturated carbocycles. The molecule has 126 valence electrons. The second-order valence-electron chi connectivity index (χ2n) is 4.38. The first-order valence-electron chi connectivity index (χ1n) is 6.17. The molecule has 0 saturated heterocycles. The Hall–Kier alpha value is -3.75. The first-order chi connectivity index (χ1) is 11.1. The summed E-state index contributed by atoms with van der Waals surface area (Å²) in [6.45, 7) is 0. The van der Waals surface area contributed by atoms with Crippen molar-refractivity contribution in [2.75, 3.05) is 0 Å². The molecular formula is C15H12O9. The molecule has 24 heavy (non-hydrogen) atoms. The van der Waals surface area contributed by atoms with E-state index in [9.17, 15) is 14.4 Å². The van der Waals surface area contributed by atoms with Crippen LogP contribution < -0.4 is 0 Å². The molecule has 0 aromatic heterocycles. The predicted octanol–water partition coefficient (Wildman–Crippen LogP) is 1.58. The summed E-state index contributed by atoms with van der Waals surface area (Å²) in [7, 11) is 0. The van der Waals surface area contributed by atoms with Crippen LogP contribution in [0.15, 0.2) is 36.4 Å². The Morgan fingerprint density at radius 3 is 1.50 bits per heavy atom. The molecule has 2 aromatic carbocycles. The number of phenols is 3. The van der Waals surface area contributed by atoms with E-state index in [1.165, 1.54) is 0 Å². The normalized spacial score (nSPS) is 9.50. The summed E-state index contributed by atoms with van der Waals surface area (Å²) < 4.78 is 0. The maximum Gasteiger partial charge on any atom is 0.336 e. The Morgan fingerprint density at radius 1 is 0.583 bits per heavy atom. The molecule has 0 radical (unpaired) electrons. The van der Waals surface area contributed by atoms with Gasteiger partial charge in [0.05, 0.1) is 16.7 Å². The molecule has 0 aliphatic carbocycles. The summed E-state index contributed by atoms with van der Waals surface area (Å²) >= 11 is 0. The van der Waals surface area contributed by atoms with Crippen LogP contribution >= 0.6 is 0 Å². The van der Waals surface area contributed by atoms with Crippen molar-refractivity contribution >= 4 is 17.9 Å². The summed E-state index contributed by atoms with van der Waals surface area (Å²) in [5, 5.41) is 52.1. The molecule has 0 unspecified atom stereocenters. The zero-order valence-corrected chi connectivity index (χ0v) is 11.9. The molecule has 9 nitrogen and oxygen atoms in total. The first-order valence-corrected chi connectivity index (χ1v) is 6.17. The number of aromatic hydroxyl groups is 3. The minimum Gasteiger partial charge on any atom is -0.508 e. The van der Waals surface area contributed by atoms with Crippen LogP contribution in [0.4, 0.5) is 0 Å². The van der Waals surface area contributed by atoms with Crippen molar-refractivity contribution in [2.24, 2.45) is 0 Å². The highest BCUT2D eigenvalue weighted by atomic mass is 16.4. The van der Waals surface area contributed by atoms with Crippen molar-refractivity contribution in [1.29, 1.82) is 0 Å². The first kappa shape index (κ1) is 18.3. The van der Waals surface area contributed by atoms with E-state index in [0.717, 1.165) is 36.4 Å². The van der Waals surface area contributed by atoms with Crippen molar-refractivity contribution in [3.8, 4) is 17.2 Å². The van der Waals surface area contributed by atoms with Crippen LogP contribution in [-0.2, 0) is 0 Å². The van der Waals surface area contributed by atoms with Gasteiger partial charge in [-0.2, -0.15) is 0 Å². The van der Waals surface area contributed by atoms with Crippen LogP contribution in [0, 0.1) is 0 Å². The number of carboxylic acids is 3. The van der Waals surface area contributed by atoms with Crippen LogP contribution in [0.3, 0.4) is 0 Å². The van der Waals surface area contributed by atoms with Crippen molar-refractivity contribution < 1.29 is 45.0 Å². The number of hydrogen-bond acceptors (Lipinski definition) is 6. The smallest absolute Gasteiger partial charge is 0.336 e. The van der Waals surface area contributed by atoms with Gasteiger partial charge >= 0.3 is 17.9 Å². The lowest BCUT2D eigenvalue weighted by Crippen LogP contribution is -2.07. The van der Waals surface area contributed by atoms with Gasteiger partial charge in [-0.1, -0.05) is 0 Å². The van der Waals surface area contributed by atoms with Crippen LogP contribution in [-0.4, -0.2) is 48.5 Å². The van der Waals surface area contributed by atoms with Crippen LogP contribution in [0.1, 0.15) is 31.1 Å². The lowest BCUT2D eigenvalue weighted by atomic mass is 10.1. The van der Waals surface area contributed by atoms with Gasteiger partial charge in [0.25, 0.3) is 0 Å². The molecular weight excluding hydrogens is 324 g/mol. The zero-order valence-electron chi connectivity index (χ0n) is 11.9. The number of aromatic carboxylic acids is 3. The monoisotopic (exact) mass is 336 g/mol. The third kappa shape index (κ3) is 4.91. The molecule has 0 heterocycles. The Morgan fingerprint density at radius 2 is 1.08 bits per heavy atom. The second kappa shape index (κ2) is 7.49. The highest BCUT2D eigenvalue weighted by Gasteiger charge is 2.15. The van der Waals surface area contributed by atoms with Gasteiger partial charge in [-0.3, -0.25) is 0 Å². The van der Waals surface area contributed by atoms with Crippen molar-refractivity contribution in [1.82, 2.24) is 0 Å². The maximum atomic E-state index is 10.5. The van der Waals surface area contributed by atoms with Crippen molar-refractivity contribution in [3.63, 3.8) is 0 Å². The lowest BCUT2D eigenvalue weighted by Gasteiger charge is -2.00. The van der Waals surface area contributed by atoms with E-state index in [4.69, 9.17) is 30.6 Å². The number of hydrogen-bond donors (Lipinski definition) is 6. The van der Waals surface area contributed by atoms with Gasteiger partial charge in [0.1, 0.15) is 17.2 Å². The van der Waals surface area contributed by atoms with Crippen molar-refractivity contribution in [2.45, 2.75) is 0 Å². The Bertz CT molecular complexity index is 775. The van der Waals surface area contributed by atoms with E-state index in [-0.39, 0.29) is 28.4 Å². The minimum absolute atomic E-state index is 0.137. The largest absolute Gasteiger partial charge is 0.508 e. The Kier molecular flexibility index (Phi) is 5.71. The van der Waals surface area contributed by atoms with Gasteiger partial charge in [-0.25, -0.2) is 14.4 Å². The number of carbonyl (C=O) groups is 3. The molecule has 0 aliphatic heterocycles. The molecule has 6 N–H and O–H groups in total. The molecule has 0 fully saturated rings. The summed E-state index contributed by atoms with van der Waals surface area (Å²) in [5.74, 6) is -4.70. The third-order valence-corrected chi connectivity index (χ3v) is 2.61. The average Bonchev–Trinajstić information content (AvgIpc) is 2.46. The van der Waals surface area contributed by atoms with Crippen LogP contribution in [0.5, 0.6) is 17.2 Å². The number of rotatable bonds is 3. The molecule has 0 bridgehead atoms.